The van der Waals surface area contributed by atoms with E-state index in [2.05, 4.69) is 10.6 Å². The van der Waals surface area contributed by atoms with Crippen LogP contribution < -0.4 is 10.6 Å². The number of allylic oxidation sites excluding steroid dienone is 2. The molecule has 0 bridgehead atoms. The topological polar surface area (TPSA) is 84.3 Å². The molecule has 1 heterocycles. The first kappa shape index (κ1) is 17.3. The number of anilines is 1. The van der Waals surface area contributed by atoms with E-state index < -0.39 is 10.8 Å². The van der Waals surface area contributed by atoms with Crippen molar-refractivity contribution in [2.45, 2.75) is 32.7 Å². The average Bonchev–Trinajstić information content (AvgIpc) is 2.81. The Morgan fingerprint density at radius 3 is 2.59 bits per heavy atom. The molecule has 2 aromatic carbocycles. The molecular weight excluding hydrogens is 342 g/mol. The molecule has 1 atom stereocenters. The van der Waals surface area contributed by atoms with Gasteiger partial charge < -0.3 is 10.6 Å². The first-order chi connectivity index (χ1) is 12.9. The van der Waals surface area contributed by atoms with E-state index in [0.29, 0.717) is 18.5 Å². The van der Waals surface area contributed by atoms with Gasteiger partial charge in [0.15, 0.2) is 0 Å². The summed E-state index contributed by atoms with van der Waals surface area (Å²) in [5.74, 6) is -0.699. The second-order valence-electron chi connectivity index (χ2n) is 7.70. The third-order valence-electron chi connectivity index (χ3n) is 5.36. The van der Waals surface area contributed by atoms with Crippen molar-refractivity contribution in [2.75, 3.05) is 5.32 Å². The Balaban J connectivity index is 1.92. The third kappa shape index (κ3) is 2.87. The molecule has 1 unspecified atom stereocenters. The van der Waals surface area contributed by atoms with E-state index in [9.17, 15) is 14.9 Å². The number of nitro groups is 1. The summed E-state index contributed by atoms with van der Waals surface area (Å²) in [6.07, 6.45) is 0.327. The minimum Gasteiger partial charge on any atom is -0.382 e. The number of nitrogens with one attached hydrogen (secondary N) is 2. The second kappa shape index (κ2) is 6.23. The fraction of sp³-hybridized carbons (Fsp3) is 0.286. The van der Waals surface area contributed by atoms with Gasteiger partial charge in [0, 0.05) is 41.4 Å². The molecule has 2 aliphatic rings. The van der Waals surface area contributed by atoms with Crippen LogP contribution in [0.15, 0.2) is 59.9 Å². The molecule has 0 radical (unpaired) electrons. The fourth-order valence-corrected chi connectivity index (χ4v) is 4.12. The molecule has 1 aliphatic carbocycles. The van der Waals surface area contributed by atoms with Gasteiger partial charge in [-0.25, -0.2) is 0 Å². The van der Waals surface area contributed by atoms with Crippen molar-refractivity contribution in [1.82, 2.24) is 5.32 Å². The molecule has 0 saturated heterocycles. The molecule has 6 nitrogen and oxygen atoms in total. The first-order valence-electron chi connectivity index (χ1n) is 8.98. The highest BCUT2D eigenvalue weighted by Crippen LogP contribution is 2.46. The molecule has 0 fully saturated rings. The standard InChI is InChI=1S/C21H21N3O3/c1-21(2)11-17(25)18(14-8-4-6-10-16(14)24(26)27)19-20(21)22-12-13-7-3-5-9-15(13)23-19/h3-10,18,22-23H,11-12H2,1-2H3. The van der Waals surface area contributed by atoms with Crippen molar-refractivity contribution in [1.29, 1.82) is 0 Å². The first-order valence-corrected chi connectivity index (χ1v) is 8.98. The number of rotatable bonds is 2. The lowest BCUT2D eigenvalue weighted by Gasteiger charge is -2.38. The van der Waals surface area contributed by atoms with Crippen LogP contribution in [0.4, 0.5) is 11.4 Å². The van der Waals surface area contributed by atoms with Crippen molar-refractivity contribution >= 4 is 17.2 Å². The highest BCUT2D eigenvalue weighted by atomic mass is 16.6. The lowest BCUT2D eigenvalue weighted by molar-refractivity contribution is -0.385. The van der Waals surface area contributed by atoms with Gasteiger partial charge in [0.1, 0.15) is 5.78 Å². The van der Waals surface area contributed by atoms with Gasteiger partial charge in [-0.1, -0.05) is 50.2 Å². The molecule has 4 rings (SSSR count). The van der Waals surface area contributed by atoms with E-state index in [1.165, 1.54) is 6.07 Å². The summed E-state index contributed by atoms with van der Waals surface area (Å²) in [5.41, 5.74) is 3.71. The van der Waals surface area contributed by atoms with E-state index in [-0.39, 0.29) is 16.9 Å². The van der Waals surface area contributed by atoms with Gasteiger partial charge in [0.25, 0.3) is 5.69 Å². The minimum absolute atomic E-state index is 0.0123. The maximum atomic E-state index is 13.1. The number of hydrogen-bond donors (Lipinski definition) is 2. The van der Waals surface area contributed by atoms with Gasteiger partial charge in [0.2, 0.25) is 0 Å². The molecule has 1 aliphatic heterocycles. The largest absolute Gasteiger partial charge is 0.382 e. The molecule has 138 valence electrons. The smallest absolute Gasteiger partial charge is 0.273 e. The van der Waals surface area contributed by atoms with E-state index >= 15 is 0 Å². The molecule has 6 heteroatoms. The molecule has 0 saturated carbocycles. The number of hydrogen-bond acceptors (Lipinski definition) is 5. The molecule has 27 heavy (non-hydrogen) atoms. The van der Waals surface area contributed by atoms with Gasteiger partial charge in [-0.05, 0) is 11.6 Å². The van der Waals surface area contributed by atoms with Crippen LogP contribution in [0.1, 0.15) is 37.3 Å². The lowest BCUT2D eigenvalue weighted by atomic mass is 9.71. The molecule has 0 spiro atoms. The van der Waals surface area contributed by atoms with E-state index in [1.54, 1.807) is 18.2 Å². The Morgan fingerprint density at radius 1 is 1.11 bits per heavy atom. The number of Topliss-reactive ketones (excluding diaryl/α,β-unsaturated/α-hetero) is 1. The third-order valence-corrected chi connectivity index (χ3v) is 5.36. The summed E-state index contributed by atoms with van der Waals surface area (Å²) in [7, 11) is 0. The number of fused-ring (bicyclic) bond motifs is 1. The van der Waals surface area contributed by atoms with Crippen LogP contribution in [0, 0.1) is 15.5 Å². The normalized spacial score (nSPS) is 20.7. The number of para-hydroxylation sites is 2. The van der Waals surface area contributed by atoms with Crippen LogP contribution in [0.25, 0.3) is 0 Å². The number of benzene rings is 2. The van der Waals surface area contributed by atoms with E-state index in [1.807, 2.05) is 38.1 Å². The number of ketones is 1. The summed E-state index contributed by atoms with van der Waals surface area (Å²) in [4.78, 5) is 24.3. The van der Waals surface area contributed by atoms with Crippen LogP contribution in [0.2, 0.25) is 0 Å². The Bertz CT molecular complexity index is 978. The zero-order valence-electron chi connectivity index (χ0n) is 15.3. The highest BCUT2D eigenvalue weighted by Gasteiger charge is 2.44. The summed E-state index contributed by atoms with van der Waals surface area (Å²) in [6, 6.07) is 14.4. The zero-order chi connectivity index (χ0) is 19.2. The summed E-state index contributed by atoms with van der Waals surface area (Å²) < 4.78 is 0. The lowest BCUT2D eigenvalue weighted by Crippen LogP contribution is -2.39. The predicted molar refractivity (Wildman–Crippen MR) is 103 cm³/mol. The number of nitrogens with zero attached hydrogens (tertiary/aromatic N) is 1. The second-order valence-corrected chi connectivity index (χ2v) is 7.70. The van der Waals surface area contributed by atoms with Crippen LogP contribution in [-0.2, 0) is 11.3 Å². The minimum atomic E-state index is -0.687. The highest BCUT2D eigenvalue weighted by molar-refractivity contribution is 5.93. The molecule has 2 N–H and O–H groups in total. The number of carbonyl (C=O) groups excluding carboxylic acids is 1. The number of carbonyl (C=O) groups is 1. The maximum absolute atomic E-state index is 13.1. The monoisotopic (exact) mass is 363 g/mol. The van der Waals surface area contributed by atoms with Gasteiger partial charge in [-0.3, -0.25) is 14.9 Å². The Morgan fingerprint density at radius 2 is 1.81 bits per heavy atom. The number of nitro benzene ring substituents is 1. The van der Waals surface area contributed by atoms with Crippen LogP contribution in [0.3, 0.4) is 0 Å². The summed E-state index contributed by atoms with van der Waals surface area (Å²) >= 11 is 0. The Hall–Kier alpha value is -3.15. The van der Waals surface area contributed by atoms with Crippen LogP contribution in [-0.4, -0.2) is 10.7 Å². The van der Waals surface area contributed by atoms with Crippen molar-refractivity contribution in [2.24, 2.45) is 5.41 Å². The van der Waals surface area contributed by atoms with Crippen LogP contribution in [0.5, 0.6) is 0 Å². The van der Waals surface area contributed by atoms with Crippen molar-refractivity contribution in [3.05, 3.63) is 81.2 Å². The van der Waals surface area contributed by atoms with Crippen molar-refractivity contribution in [3.63, 3.8) is 0 Å². The van der Waals surface area contributed by atoms with E-state index in [4.69, 9.17) is 0 Å². The molecular formula is C21H21N3O3. The molecule has 0 aromatic heterocycles. The van der Waals surface area contributed by atoms with Gasteiger partial charge >= 0.3 is 0 Å². The van der Waals surface area contributed by atoms with Crippen LogP contribution >= 0.6 is 0 Å². The Kier molecular flexibility index (Phi) is 3.98. The summed E-state index contributed by atoms with van der Waals surface area (Å²) in [5, 5.41) is 18.5. The van der Waals surface area contributed by atoms with E-state index in [0.717, 1.165) is 22.6 Å². The zero-order valence-corrected chi connectivity index (χ0v) is 15.3. The van der Waals surface area contributed by atoms with Crippen molar-refractivity contribution in [3.8, 4) is 0 Å². The molecule has 2 aromatic rings. The predicted octanol–water partition coefficient (Wildman–Crippen LogP) is 4.10. The summed E-state index contributed by atoms with van der Waals surface area (Å²) in [6.45, 7) is 4.70. The van der Waals surface area contributed by atoms with Crippen molar-refractivity contribution < 1.29 is 9.72 Å². The SMILES string of the molecule is CC1(C)CC(=O)C(c2ccccc2[N+](=O)[O-])C2=C1NCc1ccccc1N2. The fourth-order valence-electron chi connectivity index (χ4n) is 4.12. The quantitative estimate of drug-likeness (QED) is 0.620. The molecule has 0 amide bonds. The Labute approximate surface area is 157 Å². The maximum Gasteiger partial charge on any atom is 0.273 e. The average molecular weight is 363 g/mol. The van der Waals surface area contributed by atoms with Gasteiger partial charge in [-0.2, -0.15) is 0 Å². The van der Waals surface area contributed by atoms with Gasteiger partial charge in [-0.15, -0.1) is 0 Å². The van der Waals surface area contributed by atoms with Gasteiger partial charge in [0.05, 0.1) is 16.5 Å².